The van der Waals surface area contributed by atoms with Crippen LogP contribution >= 0.6 is 0 Å². The average Bonchev–Trinajstić information content (AvgIpc) is 2.31. The molecule has 0 fully saturated rings. The van der Waals surface area contributed by atoms with Crippen molar-refractivity contribution in [1.82, 2.24) is 0 Å². The number of benzene rings is 1. The van der Waals surface area contributed by atoms with E-state index in [1.807, 2.05) is 0 Å². The molecule has 0 amide bonds. The summed E-state index contributed by atoms with van der Waals surface area (Å²) in [5, 5.41) is 9.77. The molecular weight excluding hydrogens is 148 g/mol. The van der Waals surface area contributed by atoms with Crippen LogP contribution in [0.5, 0.6) is 0 Å². The van der Waals surface area contributed by atoms with Gasteiger partial charge in [-0.3, -0.25) is 0 Å². The maximum Gasteiger partial charge on any atom is 0.0821 e. The molecule has 1 aromatic carbocycles. The minimum absolute atomic E-state index is 0.236. The molecule has 0 unspecified atom stereocenters. The molecule has 64 valence electrons. The van der Waals surface area contributed by atoms with Crippen molar-refractivity contribution in [3.63, 3.8) is 0 Å². The van der Waals surface area contributed by atoms with Crippen LogP contribution in [-0.2, 0) is 6.42 Å². The Labute approximate surface area is 73.0 Å². The number of aryl methyl sites for hydroxylation is 1. The first-order valence-electron chi connectivity index (χ1n) is 4.46. The third-order valence-corrected chi connectivity index (χ3v) is 2.70. The zero-order valence-electron chi connectivity index (χ0n) is 7.54. The van der Waals surface area contributed by atoms with Crippen LogP contribution in [0.25, 0.3) is 0 Å². The third-order valence-electron chi connectivity index (χ3n) is 2.70. The van der Waals surface area contributed by atoms with Crippen LogP contribution in [0, 0.1) is 12.8 Å². The Kier molecular flexibility index (Phi) is 1.69. The van der Waals surface area contributed by atoms with E-state index in [1.165, 1.54) is 11.1 Å². The molecule has 0 saturated carbocycles. The second-order valence-electron chi connectivity index (χ2n) is 3.83. The van der Waals surface area contributed by atoms with E-state index in [-0.39, 0.29) is 6.10 Å². The molecule has 1 N–H and O–H groups in total. The number of aliphatic hydroxyl groups is 1. The van der Waals surface area contributed by atoms with Gasteiger partial charge in [0.2, 0.25) is 0 Å². The Morgan fingerprint density at radius 1 is 1.42 bits per heavy atom. The Balaban J connectivity index is 2.48. The Bertz CT molecular complexity index is 304. The minimum Gasteiger partial charge on any atom is -0.388 e. The van der Waals surface area contributed by atoms with Gasteiger partial charge < -0.3 is 5.11 Å². The molecule has 0 aliphatic heterocycles. The van der Waals surface area contributed by atoms with E-state index in [9.17, 15) is 5.11 Å². The lowest BCUT2D eigenvalue weighted by Gasteiger charge is -2.08. The van der Waals surface area contributed by atoms with Crippen molar-refractivity contribution in [3.8, 4) is 0 Å². The summed E-state index contributed by atoms with van der Waals surface area (Å²) in [5.74, 6) is 0.391. The van der Waals surface area contributed by atoms with E-state index < -0.39 is 0 Å². The van der Waals surface area contributed by atoms with E-state index >= 15 is 0 Å². The van der Waals surface area contributed by atoms with Gasteiger partial charge >= 0.3 is 0 Å². The molecule has 0 bridgehead atoms. The van der Waals surface area contributed by atoms with Gasteiger partial charge in [0.05, 0.1) is 6.10 Å². The van der Waals surface area contributed by atoms with E-state index in [1.54, 1.807) is 0 Å². The zero-order chi connectivity index (χ0) is 8.72. The lowest BCUT2D eigenvalue weighted by atomic mass is 10.1. The lowest BCUT2D eigenvalue weighted by molar-refractivity contribution is 0.133. The molecule has 1 heteroatoms. The van der Waals surface area contributed by atoms with Crippen LogP contribution in [0.15, 0.2) is 18.2 Å². The van der Waals surface area contributed by atoms with E-state index in [4.69, 9.17) is 0 Å². The van der Waals surface area contributed by atoms with Crippen LogP contribution in [0.3, 0.4) is 0 Å². The fourth-order valence-corrected chi connectivity index (χ4v) is 1.94. The first-order valence-corrected chi connectivity index (χ1v) is 4.46. The standard InChI is InChI=1S/C11H14O/c1-7-3-4-9-6-8(2)11(12)10(9)5-7/h3-5,8,11-12H,6H2,1-2H3/t8-,11+/m1/s1. The zero-order valence-corrected chi connectivity index (χ0v) is 7.54. The van der Waals surface area contributed by atoms with Gasteiger partial charge in [-0.1, -0.05) is 30.7 Å². The normalized spacial score (nSPS) is 27.2. The maximum atomic E-state index is 9.77. The Morgan fingerprint density at radius 2 is 2.17 bits per heavy atom. The van der Waals surface area contributed by atoms with Crippen LogP contribution < -0.4 is 0 Å². The summed E-state index contributed by atoms with van der Waals surface area (Å²) in [6.45, 7) is 4.16. The molecule has 1 aromatic rings. The van der Waals surface area contributed by atoms with Gasteiger partial charge in [-0.15, -0.1) is 0 Å². The molecule has 1 nitrogen and oxygen atoms in total. The van der Waals surface area contributed by atoms with Crippen LogP contribution in [0.4, 0.5) is 0 Å². The largest absolute Gasteiger partial charge is 0.388 e. The Morgan fingerprint density at radius 3 is 2.92 bits per heavy atom. The molecule has 2 atom stereocenters. The number of hydrogen-bond donors (Lipinski definition) is 1. The summed E-state index contributed by atoms with van der Waals surface area (Å²) in [6.07, 6.45) is 0.788. The summed E-state index contributed by atoms with van der Waals surface area (Å²) in [4.78, 5) is 0. The highest BCUT2D eigenvalue weighted by molar-refractivity contribution is 5.37. The predicted octanol–water partition coefficient (Wildman–Crippen LogP) is 2.22. The highest BCUT2D eigenvalue weighted by atomic mass is 16.3. The summed E-state index contributed by atoms with van der Waals surface area (Å²) in [6, 6.07) is 6.35. The SMILES string of the molecule is Cc1ccc2c(c1)[C@@H](O)[C@H](C)C2. The molecule has 0 spiro atoms. The minimum atomic E-state index is -0.236. The van der Waals surface area contributed by atoms with Crippen molar-refractivity contribution in [2.24, 2.45) is 5.92 Å². The van der Waals surface area contributed by atoms with E-state index in [0.29, 0.717) is 5.92 Å². The van der Waals surface area contributed by atoms with Crippen molar-refractivity contribution in [1.29, 1.82) is 0 Å². The van der Waals surface area contributed by atoms with Crippen molar-refractivity contribution < 1.29 is 5.11 Å². The quantitative estimate of drug-likeness (QED) is 0.620. The molecule has 12 heavy (non-hydrogen) atoms. The van der Waals surface area contributed by atoms with Gasteiger partial charge in [-0.2, -0.15) is 0 Å². The summed E-state index contributed by atoms with van der Waals surface area (Å²) in [7, 11) is 0. The number of aliphatic hydroxyl groups excluding tert-OH is 1. The third kappa shape index (κ3) is 1.05. The smallest absolute Gasteiger partial charge is 0.0821 e. The molecular formula is C11H14O. The van der Waals surface area contributed by atoms with Crippen molar-refractivity contribution in [3.05, 3.63) is 34.9 Å². The molecule has 0 saturated heterocycles. The highest BCUT2D eigenvalue weighted by Crippen LogP contribution is 2.35. The molecule has 0 radical (unpaired) electrons. The van der Waals surface area contributed by atoms with Crippen molar-refractivity contribution in [2.45, 2.75) is 26.4 Å². The van der Waals surface area contributed by atoms with Crippen molar-refractivity contribution in [2.75, 3.05) is 0 Å². The van der Waals surface area contributed by atoms with Crippen LogP contribution in [0.2, 0.25) is 0 Å². The number of fused-ring (bicyclic) bond motifs is 1. The summed E-state index contributed by atoms with van der Waals surface area (Å²) < 4.78 is 0. The molecule has 1 aliphatic rings. The first-order chi connectivity index (χ1) is 5.68. The summed E-state index contributed by atoms with van der Waals surface area (Å²) in [5.41, 5.74) is 3.70. The molecule has 2 rings (SSSR count). The van der Waals surface area contributed by atoms with E-state index in [2.05, 4.69) is 32.0 Å². The fraction of sp³-hybridized carbons (Fsp3) is 0.455. The average molecular weight is 162 g/mol. The van der Waals surface area contributed by atoms with Crippen LogP contribution in [0.1, 0.15) is 29.7 Å². The van der Waals surface area contributed by atoms with Gasteiger partial charge in [0.1, 0.15) is 0 Å². The highest BCUT2D eigenvalue weighted by Gasteiger charge is 2.26. The van der Waals surface area contributed by atoms with Gasteiger partial charge in [-0.05, 0) is 30.4 Å². The predicted molar refractivity (Wildman–Crippen MR) is 49.0 cm³/mol. The van der Waals surface area contributed by atoms with E-state index in [0.717, 1.165) is 12.0 Å². The van der Waals surface area contributed by atoms with Gasteiger partial charge in [0.15, 0.2) is 0 Å². The van der Waals surface area contributed by atoms with Crippen LogP contribution in [-0.4, -0.2) is 5.11 Å². The number of hydrogen-bond acceptors (Lipinski definition) is 1. The molecule has 0 heterocycles. The fourth-order valence-electron chi connectivity index (χ4n) is 1.94. The monoisotopic (exact) mass is 162 g/mol. The lowest BCUT2D eigenvalue weighted by Crippen LogP contribution is -2.01. The van der Waals surface area contributed by atoms with Gasteiger partial charge in [0, 0.05) is 0 Å². The number of rotatable bonds is 0. The first kappa shape index (κ1) is 7.81. The molecule has 1 aliphatic carbocycles. The molecule has 0 aromatic heterocycles. The second kappa shape index (κ2) is 2.60. The van der Waals surface area contributed by atoms with Gasteiger partial charge in [0.25, 0.3) is 0 Å². The topological polar surface area (TPSA) is 20.2 Å². The Hall–Kier alpha value is -0.820. The van der Waals surface area contributed by atoms with Gasteiger partial charge in [-0.25, -0.2) is 0 Å². The second-order valence-corrected chi connectivity index (χ2v) is 3.83. The maximum absolute atomic E-state index is 9.77. The van der Waals surface area contributed by atoms with Crippen molar-refractivity contribution >= 4 is 0 Å². The summed E-state index contributed by atoms with van der Waals surface area (Å²) >= 11 is 0.